The Morgan fingerprint density at radius 1 is 0.759 bits per heavy atom. The molecule has 2 saturated carbocycles. The van der Waals surface area contributed by atoms with E-state index in [-0.39, 0.29) is 12.2 Å². The molecule has 0 aromatic carbocycles. The lowest BCUT2D eigenvalue weighted by Gasteiger charge is -2.36. The summed E-state index contributed by atoms with van der Waals surface area (Å²) in [6.07, 6.45) is 5.84. The van der Waals surface area contributed by atoms with Gasteiger partial charge in [-0.1, -0.05) is 19.4 Å². The van der Waals surface area contributed by atoms with E-state index in [4.69, 9.17) is 9.47 Å². The molecule has 2 aliphatic carbocycles. The van der Waals surface area contributed by atoms with Gasteiger partial charge in [0.15, 0.2) is 0 Å². The quantitative estimate of drug-likeness (QED) is 0.399. The number of carboxylic acids is 2. The zero-order valence-corrected chi connectivity index (χ0v) is 16.6. The molecule has 8 nitrogen and oxygen atoms in total. The molecule has 0 saturated heterocycles. The number of hydrogen-bond acceptors (Lipinski definition) is 8. The van der Waals surface area contributed by atoms with Gasteiger partial charge in [0.05, 0.1) is 30.2 Å². The molecule has 0 N–H and O–H groups in total. The van der Waals surface area contributed by atoms with Crippen molar-refractivity contribution in [2.75, 3.05) is 0 Å². The third kappa shape index (κ3) is 6.30. The van der Waals surface area contributed by atoms with Crippen LogP contribution in [0.3, 0.4) is 0 Å². The largest absolute Gasteiger partial charge is 0.549 e. The van der Waals surface area contributed by atoms with Crippen LogP contribution in [0.1, 0.15) is 77.0 Å². The molecule has 0 unspecified atom stereocenters. The molecule has 162 valence electrons. The van der Waals surface area contributed by atoms with Crippen LogP contribution in [0.25, 0.3) is 0 Å². The van der Waals surface area contributed by atoms with Crippen molar-refractivity contribution in [1.82, 2.24) is 0 Å². The molecule has 0 spiro atoms. The van der Waals surface area contributed by atoms with Gasteiger partial charge < -0.3 is 29.3 Å². The van der Waals surface area contributed by atoms with E-state index in [9.17, 15) is 29.4 Å². The Bertz CT molecular complexity index is 607. The summed E-state index contributed by atoms with van der Waals surface area (Å²) in [5.74, 6) is -5.58. The van der Waals surface area contributed by atoms with Crippen molar-refractivity contribution in [3.8, 4) is 0 Å². The zero-order chi connectivity index (χ0) is 21.4. The molecule has 0 aromatic heterocycles. The number of ether oxygens (including phenoxy) is 2. The minimum atomic E-state index is -2.48. The van der Waals surface area contributed by atoms with E-state index in [0.29, 0.717) is 25.7 Å². The maximum atomic E-state index is 12.4. The minimum Gasteiger partial charge on any atom is -0.549 e. The second-order valence-electron chi connectivity index (χ2n) is 7.99. The summed E-state index contributed by atoms with van der Waals surface area (Å²) >= 11 is 0. The molecule has 2 rings (SSSR count). The van der Waals surface area contributed by atoms with E-state index in [0.717, 1.165) is 38.5 Å². The SMILES string of the molecule is C=C(C(=O)[O-])C(CC(=O)OC1CCCCC1)(CC(=O)OC1CCCCC1)C(=O)[O-]. The smallest absolute Gasteiger partial charge is 0.307 e. The topological polar surface area (TPSA) is 133 Å². The first-order chi connectivity index (χ1) is 13.7. The summed E-state index contributed by atoms with van der Waals surface area (Å²) in [5, 5.41) is 23.3. The molecule has 2 aliphatic rings. The molecule has 29 heavy (non-hydrogen) atoms. The van der Waals surface area contributed by atoms with Crippen LogP contribution >= 0.6 is 0 Å². The van der Waals surface area contributed by atoms with Crippen LogP contribution in [-0.4, -0.2) is 36.1 Å². The van der Waals surface area contributed by atoms with Crippen LogP contribution in [0.15, 0.2) is 12.2 Å². The van der Waals surface area contributed by atoms with Gasteiger partial charge >= 0.3 is 11.9 Å². The monoisotopic (exact) mass is 408 g/mol. The molecular weight excluding hydrogens is 380 g/mol. The Morgan fingerprint density at radius 2 is 1.14 bits per heavy atom. The van der Waals surface area contributed by atoms with Crippen molar-refractivity contribution in [2.45, 2.75) is 89.3 Å². The van der Waals surface area contributed by atoms with Crippen molar-refractivity contribution >= 4 is 23.9 Å². The van der Waals surface area contributed by atoms with Gasteiger partial charge in [-0.25, -0.2) is 0 Å². The number of hydrogen-bond donors (Lipinski definition) is 0. The van der Waals surface area contributed by atoms with Gasteiger partial charge in [0, 0.05) is 0 Å². The fourth-order valence-electron chi connectivity index (χ4n) is 4.05. The van der Waals surface area contributed by atoms with E-state index < -0.39 is 47.7 Å². The van der Waals surface area contributed by atoms with E-state index in [2.05, 4.69) is 6.58 Å². The minimum absolute atomic E-state index is 0.346. The second-order valence-corrected chi connectivity index (χ2v) is 7.99. The third-order valence-corrected chi connectivity index (χ3v) is 5.81. The number of rotatable bonds is 9. The number of carbonyl (C=O) groups is 4. The molecule has 0 atom stereocenters. The predicted octanol–water partition coefficient (Wildman–Crippen LogP) is 0.561. The average Bonchev–Trinajstić information content (AvgIpc) is 2.68. The Morgan fingerprint density at radius 3 is 1.45 bits per heavy atom. The highest BCUT2D eigenvalue weighted by atomic mass is 16.5. The maximum Gasteiger partial charge on any atom is 0.307 e. The van der Waals surface area contributed by atoms with Crippen LogP contribution in [-0.2, 0) is 28.7 Å². The number of esters is 2. The Hall–Kier alpha value is -2.38. The highest BCUT2D eigenvalue weighted by molar-refractivity contribution is 5.99. The molecule has 8 heteroatoms. The standard InChI is InChI=1S/C21H30O8/c1-14(19(24)25)21(20(26)27,12-17(22)28-15-8-4-2-5-9-15)13-18(23)29-16-10-6-3-7-11-16/h15-16H,1-13H2,(H,24,25)(H,26,27)/p-2. The first kappa shape index (κ1) is 22.9. The highest BCUT2D eigenvalue weighted by Gasteiger charge is 2.42. The van der Waals surface area contributed by atoms with E-state index >= 15 is 0 Å². The molecule has 0 aliphatic heterocycles. The molecule has 0 amide bonds. The lowest BCUT2D eigenvalue weighted by atomic mass is 9.74. The summed E-state index contributed by atoms with van der Waals surface area (Å²) in [6.45, 7) is 3.25. The van der Waals surface area contributed by atoms with Crippen LogP contribution < -0.4 is 10.2 Å². The summed E-state index contributed by atoms with van der Waals surface area (Å²) < 4.78 is 10.6. The lowest BCUT2D eigenvalue weighted by Crippen LogP contribution is -2.50. The summed E-state index contributed by atoms with van der Waals surface area (Å²) in [5.41, 5.74) is -3.38. The van der Waals surface area contributed by atoms with Crippen LogP contribution in [0, 0.1) is 5.41 Å². The van der Waals surface area contributed by atoms with Gasteiger partial charge in [-0.3, -0.25) is 9.59 Å². The first-order valence-corrected chi connectivity index (χ1v) is 10.3. The molecule has 2 fully saturated rings. The third-order valence-electron chi connectivity index (χ3n) is 5.81. The predicted molar refractivity (Wildman–Crippen MR) is 96.8 cm³/mol. The second kappa shape index (κ2) is 10.4. The van der Waals surface area contributed by atoms with Crippen LogP contribution in [0.5, 0.6) is 0 Å². The van der Waals surface area contributed by atoms with E-state index in [1.807, 2.05) is 0 Å². The number of carbonyl (C=O) groups excluding carboxylic acids is 4. The maximum absolute atomic E-state index is 12.4. The van der Waals surface area contributed by atoms with Gasteiger partial charge in [0.1, 0.15) is 12.2 Å². The van der Waals surface area contributed by atoms with Crippen molar-refractivity contribution in [3.63, 3.8) is 0 Å². The Kier molecular flexibility index (Phi) is 8.22. The fraction of sp³-hybridized carbons (Fsp3) is 0.714. The Balaban J connectivity index is 2.13. The normalized spacial score (nSPS) is 18.6. The number of carboxylic acid groups (broad SMARTS) is 2. The van der Waals surface area contributed by atoms with Crippen LogP contribution in [0.2, 0.25) is 0 Å². The van der Waals surface area contributed by atoms with Gasteiger partial charge in [-0.2, -0.15) is 0 Å². The average molecular weight is 408 g/mol. The lowest BCUT2D eigenvalue weighted by molar-refractivity contribution is -0.322. The van der Waals surface area contributed by atoms with Gasteiger partial charge in [-0.05, 0) is 56.9 Å². The van der Waals surface area contributed by atoms with Crippen LogP contribution in [0.4, 0.5) is 0 Å². The molecule has 0 bridgehead atoms. The van der Waals surface area contributed by atoms with Gasteiger partial charge in [-0.15, -0.1) is 0 Å². The zero-order valence-electron chi connectivity index (χ0n) is 16.6. The molecule has 0 aromatic rings. The summed E-state index contributed by atoms with van der Waals surface area (Å²) in [4.78, 5) is 48.2. The molecule has 0 radical (unpaired) electrons. The molecule has 0 heterocycles. The highest BCUT2D eigenvalue weighted by Crippen LogP contribution is 2.36. The summed E-state index contributed by atoms with van der Waals surface area (Å²) in [7, 11) is 0. The van der Waals surface area contributed by atoms with Gasteiger partial charge in [0.25, 0.3) is 0 Å². The van der Waals surface area contributed by atoms with Crippen molar-refractivity contribution in [3.05, 3.63) is 12.2 Å². The van der Waals surface area contributed by atoms with Crippen molar-refractivity contribution < 1.29 is 38.9 Å². The molecular formula is C21H28O8-2. The Labute approximate surface area is 170 Å². The van der Waals surface area contributed by atoms with E-state index in [1.54, 1.807) is 0 Å². The summed E-state index contributed by atoms with van der Waals surface area (Å²) in [6, 6.07) is 0. The first-order valence-electron chi connectivity index (χ1n) is 10.3. The van der Waals surface area contributed by atoms with Gasteiger partial charge in [0.2, 0.25) is 0 Å². The van der Waals surface area contributed by atoms with Crippen molar-refractivity contribution in [1.29, 1.82) is 0 Å². The number of aliphatic carboxylic acids is 2. The van der Waals surface area contributed by atoms with Crippen molar-refractivity contribution in [2.24, 2.45) is 5.41 Å². The fourth-order valence-corrected chi connectivity index (χ4v) is 4.05. The van der Waals surface area contributed by atoms with E-state index in [1.165, 1.54) is 0 Å².